The second kappa shape index (κ2) is 8.61. The fourth-order valence-corrected chi connectivity index (χ4v) is 2.23. The second-order valence-corrected chi connectivity index (χ2v) is 5.38. The van der Waals surface area contributed by atoms with Crippen molar-refractivity contribution in [3.63, 3.8) is 0 Å². The van der Waals surface area contributed by atoms with E-state index >= 15 is 0 Å². The van der Waals surface area contributed by atoms with Crippen molar-refractivity contribution in [3.8, 4) is 22.9 Å². The summed E-state index contributed by atoms with van der Waals surface area (Å²) in [5.41, 5.74) is 0.854. The zero-order valence-electron chi connectivity index (χ0n) is 14.3. The number of nitrogens with one attached hydrogen (secondary N) is 1. The van der Waals surface area contributed by atoms with E-state index in [0.717, 1.165) is 11.3 Å². The maximum atomic E-state index is 11.9. The molecule has 0 radical (unpaired) electrons. The van der Waals surface area contributed by atoms with Crippen molar-refractivity contribution >= 4 is 5.91 Å². The van der Waals surface area contributed by atoms with E-state index < -0.39 is 0 Å². The first-order valence-corrected chi connectivity index (χ1v) is 8.11. The lowest BCUT2D eigenvalue weighted by Gasteiger charge is -2.08. The van der Waals surface area contributed by atoms with Crippen LogP contribution < -0.4 is 14.8 Å². The van der Waals surface area contributed by atoms with Crippen molar-refractivity contribution in [1.82, 2.24) is 25.5 Å². The van der Waals surface area contributed by atoms with Gasteiger partial charge in [-0.3, -0.25) is 4.79 Å². The van der Waals surface area contributed by atoms with E-state index in [9.17, 15) is 4.79 Å². The summed E-state index contributed by atoms with van der Waals surface area (Å²) in [6.07, 6.45) is 0. The van der Waals surface area contributed by atoms with Crippen LogP contribution in [-0.4, -0.2) is 46.4 Å². The molecular formula is C18H19N5O3. The van der Waals surface area contributed by atoms with Gasteiger partial charge in [0.05, 0.1) is 13.7 Å². The van der Waals surface area contributed by atoms with Crippen molar-refractivity contribution in [2.24, 2.45) is 0 Å². The Morgan fingerprint density at radius 2 is 1.81 bits per heavy atom. The zero-order chi connectivity index (χ0) is 18.2. The van der Waals surface area contributed by atoms with Gasteiger partial charge in [-0.05, 0) is 29.5 Å². The third-order valence-electron chi connectivity index (χ3n) is 3.52. The van der Waals surface area contributed by atoms with E-state index in [1.54, 1.807) is 7.11 Å². The van der Waals surface area contributed by atoms with Gasteiger partial charge in [0.1, 0.15) is 24.7 Å². The van der Waals surface area contributed by atoms with Gasteiger partial charge >= 0.3 is 0 Å². The van der Waals surface area contributed by atoms with Gasteiger partial charge in [0.25, 0.3) is 0 Å². The summed E-state index contributed by atoms with van der Waals surface area (Å²) >= 11 is 0. The Morgan fingerprint density at radius 3 is 2.54 bits per heavy atom. The van der Waals surface area contributed by atoms with Gasteiger partial charge in [-0.15, -0.1) is 10.2 Å². The zero-order valence-corrected chi connectivity index (χ0v) is 14.3. The summed E-state index contributed by atoms with van der Waals surface area (Å²) in [6, 6.07) is 16.7. The molecule has 0 spiro atoms. The van der Waals surface area contributed by atoms with Crippen LogP contribution >= 0.6 is 0 Å². The average molecular weight is 353 g/mol. The molecule has 1 aromatic heterocycles. The summed E-state index contributed by atoms with van der Waals surface area (Å²) in [6.45, 7) is 0.742. The number of aromatic nitrogens is 4. The predicted octanol–water partition coefficient (Wildman–Crippen LogP) is 1.54. The third-order valence-corrected chi connectivity index (χ3v) is 3.52. The van der Waals surface area contributed by atoms with Crippen LogP contribution in [0.5, 0.6) is 11.5 Å². The SMILES string of the molecule is COc1ccc(OCCNC(=O)Cn2nnc(-c3ccccc3)n2)cc1. The minimum atomic E-state index is -0.208. The van der Waals surface area contributed by atoms with Crippen LogP contribution in [0.3, 0.4) is 0 Å². The maximum Gasteiger partial charge on any atom is 0.243 e. The largest absolute Gasteiger partial charge is 0.497 e. The number of methoxy groups -OCH3 is 1. The lowest BCUT2D eigenvalue weighted by Crippen LogP contribution is -2.31. The molecule has 134 valence electrons. The number of tetrazole rings is 1. The summed E-state index contributed by atoms with van der Waals surface area (Å²) in [5.74, 6) is 1.76. The third kappa shape index (κ3) is 4.79. The van der Waals surface area contributed by atoms with Gasteiger partial charge in [-0.2, -0.15) is 4.80 Å². The van der Waals surface area contributed by atoms with E-state index in [2.05, 4.69) is 20.7 Å². The number of benzene rings is 2. The molecule has 0 aliphatic rings. The normalized spacial score (nSPS) is 10.3. The van der Waals surface area contributed by atoms with E-state index in [0.29, 0.717) is 24.7 Å². The topological polar surface area (TPSA) is 91.2 Å². The Hall–Kier alpha value is -3.42. The van der Waals surface area contributed by atoms with Crippen LogP contribution in [0.4, 0.5) is 0 Å². The summed E-state index contributed by atoms with van der Waals surface area (Å²) in [5, 5.41) is 14.8. The van der Waals surface area contributed by atoms with Gasteiger partial charge in [-0.25, -0.2) is 0 Å². The average Bonchev–Trinajstić information content (AvgIpc) is 3.15. The summed E-state index contributed by atoms with van der Waals surface area (Å²) in [4.78, 5) is 13.2. The first kappa shape index (κ1) is 17.4. The number of ether oxygens (including phenoxy) is 2. The van der Waals surface area contributed by atoms with Crippen LogP contribution in [0.1, 0.15) is 0 Å². The first-order valence-electron chi connectivity index (χ1n) is 8.11. The molecule has 8 heteroatoms. The fraction of sp³-hybridized carbons (Fsp3) is 0.222. The molecule has 0 aliphatic heterocycles. The lowest BCUT2D eigenvalue weighted by molar-refractivity contribution is -0.122. The standard InChI is InChI=1S/C18H19N5O3/c1-25-15-7-9-16(10-8-15)26-12-11-19-17(24)13-23-21-18(20-22-23)14-5-3-2-4-6-14/h2-10H,11-13H2,1H3,(H,19,24). The quantitative estimate of drug-likeness (QED) is 0.618. The summed E-state index contributed by atoms with van der Waals surface area (Å²) < 4.78 is 10.6. The maximum absolute atomic E-state index is 11.9. The molecule has 0 saturated carbocycles. The number of rotatable bonds is 8. The second-order valence-electron chi connectivity index (χ2n) is 5.38. The highest BCUT2D eigenvalue weighted by molar-refractivity contribution is 5.75. The van der Waals surface area contributed by atoms with Crippen molar-refractivity contribution in [2.75, 3.05) is 20.3 Å². The first-order chi connectivity index (χ1) is 12.7. The number of hydrogen-bond acceptors (Lipinski definition) is 6. The van der Waals surface area contributed by atoms with Crippen molar-refractivity contribution in [1.29, 1.82) is 0 Å². The molecule has 0 unspecified atom stereocenters. The molecule has 0 saturated heterocycles. The van der Waals surface area contributed by atoms with Crippen molar-refractivity contribution in [2.45, 2.75) is 6.54 Å². The van der Waals surface area contributed by atoms with Crippen LogP contribution in [0.25, 0.3) is 11.4 Å². The molecule has 3 aromatic rings. The number of carbonyl (C=O) groups is 1. The number of nitrogens with zero attached hydrogens (tertiary/aromatic N) is 4. The molecule has 8 nitrogen and oxygen atoms in total. The molecule has 1 N–H and O–H groups in total. The Labute approximate surface area is 150 Å². The molecule has 0 aliphatic carbocycles. The molecule has 1 amide bonds. The van der Waals surface area contributed by atoms with E-state index in [1.165, 1.54) is 4.80 Å². The molecule has 1 heterocycles. The highest BCUT2D eigenvalue weighted by atomic mass is 16.5. The molecular weight excluding hydrogens is 334 g/mol. The lowest BCUT2D eigenvalue weighted by atomic mass is 10.2. The van der Waals surface area contributed by atoms with Gasteiger partial charge < -0.3 is 14.8 Å². The molecule has 0 bridgehead atoms. The predicted molar refractivity (Wildman–Crippen MR) is 94.8 cm³/mol. The Balaban J connectivity index is 1.41. The number of hydrogen-bond donors (Lipinski definition) is 1. The van der Waals surface area contributed by atoms with Gasteiger partial charge in [0.2, 0.25) is 11.7 Å². The van der Waals surface area contributed by atoms with Crippen molar-refractivity contribution in [3.05, 3.63) is 54.6 Å². The van der Waals surface area contributed by atoms with E-state index in [4.69, 9.17) is 9.47 Å². The smallest absolute Gasteiger partial charge is 0.243 e. The van der Waals surface area contributed by atoms with Crippen LogP contribution in [-0.2, 0) is 11.3 Å². The fourth-order valence-electron chi connectivity index (χ4n) is 2.23. The van der Waals surface area contributed by atoms with Gasteiger partial charge in [0, 0.05) is 5.56 Å². The summed E-state index contributed by atoms with van der Waals surface area (Å²) in [7, 11) is 1.61. The van der Waals surface area contributed by atoms with E-state index in [-0.39, 0.29) is 12.5 Å². The highest BCUT2D eigenvalue weighted by Crippen LogP contribution is 2.16. The highest BCUT2D eigenvalue weighted by Gasteiger charge is 2.08. The molecule has 0 fully saturated rings. The minimum Gasteiger partial charge on any atom is -0.497 e. The van der Waals surface area contributed by atoms with Crippen LogP contribution in [0.2, 0.25) is 0 Å². The van der Waals surface area contributed by atoms with E-state index in [1.807, 2.05) is 54.6 Å². The Kier molecular flexibility index (Phi) is 5.76. The van der Waals surface area contributed by atoms with Gasteiger partial charge in [0.15, 0.2) is 0 Å². The molecule has 0 atom stereocenters. The van der Waals surface area contributed by atoms with Crippen LogP contribution in [0.15, 0.2) is 54.6 Å². The number of carbonyl (C=O) groups excluding carboxylic acids is 1. The monoisotopic (exact) mass is 353 g/mol. The molecule has 3 rings (SSSR count). The Bertz CT molecular complexity index is 834. The molecule has 2 aromatic carbocycles. The van der Waals surface area contributed by atoms with Crippen LogP contribution in [0, 0.1) is 0 Å². The Morgan fingerprint density at radius 1 is 1.08 bits per heavy atom. The van der Waals surface area contributed by atoms with Crippen molar-refractivity contribution < 1.29 is 14.3 Å². The molecule has 26 heavy (non-hydrogen) atoms. The van der Waals surface area contributed by atoms with Gasteiger partial charge in [-0.1, -0.05) is 30.3 Å². The number of amides is 1. The minimum absolute atomic E-state index is 0.00235.